The standard InChI is InChI=1S/C32H41ClO6/c1-4-5-6-7-25-8-10-26(11-9-25)14-16-29-17-15-27(18-30(29)33)12-13-28(21-38-31(36)23(2)19-34)22-39-32(37)24(3)20-35/h8-11,15,17-18,28,34-35H,2-7,12-14,16,19-22H2,1H3. The second-order valence-corrected chi connectivity index (χ2v) is 10.2. The topological polar surface area (TPSA) is 93.1 Å². The van der Waals surface area contributed by atoms with Gasteiger partial charge >= 0.3 is 11.9 Å². The highest BCUT2D eigenvalue weighted by molar-refractivity contribution is 6.31. The van der Waals surface area contributed by atoms with Crippen molar-refractivity contribution < 1.29 is 29.3 Å². The second-order valence-electron chi connectivity index (χ2n) is 9.82. The largest absolute Gasteiger partial charge is 0.462 e. The third kappa shape index (κ3) is 11.8. The SMILES string of the molecule is C=C(CO)C(=O)OCC(CCc1ccc(CCc2ccc(CCCCC)cc2)c(Cl)c1)COC(=O)C(=C)CO. The van der Waals surface area contributed by atoms with Crippen LogP contribution in [0.1, 0.15) is 54.9 Å². The zero-order chi connectivity index (χ0) is 28.6. The number of rotatable bonds is 18. The molecule has 2 N–H and O–H groups in total. The lowest BCUT2D eigenvalue weighted by Gasteiger charge is -2.18. The van der Waals surface area contributed by atoms with Crippen LogP contribution in [0.4, 0.5) is 0 Å². The number of halogens is 1. The van der Waals surface area contributed by atoms with Crippen molar-refractivity contribution in [3.8, 4) is 0 Å². The number of carbonyl (C=O) groups is 2. The Morgan fingerprint density at radius 3 is 1.85 bits per heavy atom. The Morgan fingerprint density at radius 2 is 1.33 bits per heavy atom. The summed E-state index contributed by atoms with van der Waals surface area (Å²) in [6.45, 7) is 8.11. The summed E-state index contributed by atoms with van der Waals surface area (Å²) >= 11 is 6.61. The Kier molecular flexibility index (Phi) is 14.6. The number of aryl methyl sites for hydroxylation is 4. The summed E-state index contributed by atoms with van der Waals surface area (Å²) < 4.78 is 10.5. The van der Waals surface area contributed by atoms with Gasteiger partial charge in [-0.25, -0.2) is 9.59 Å². The molecule has 2 aromatic rings. The first-order chi connectivity index (χ1) is 18.8. The molecule has 0 bridgehead atoms. The van der Waals surface area contributed by atoms with Gasteiger partial charge in [0.2, 0.25) is 0 Å². The minimum atomic E-state index is -0.702. The van der Waals surface area contributed by atoms with E-state index < -0.39 is 25.2 Å². The number of esters is 2. The van der Waals surface area contributed by atoms with Crippen LogP contribution in [0.2, 0.25) is 5.02 Å². The lowest BCUT2D eigenvalue weighted by Crippen LogP contribution is -2.23. The van der Waals surface area contributed by atoms with Crippen LogP contribution in [-0.2, 0) is 44.7 Å². The monoisotopic (exact) mass is 556 g/mol. The number of ether oxygens (including phenoxy) is 2. The number of carbonyl (C=O) groups excluding carboxylic acids is 2. The average molecular weight is 557 g/mol. The van der Waals surface area contributed by atoms with E-state index in [1.54, 1.807) is 0 Å². The molecule has 0 spiro atoms. The molecule has 0 unspecified atom stereocenters. The fourth-order valence-corrected chi connectivity index (χ4v) is 4.28. The van der Waals surface area contributed by atoms with Crippen molar-refractivity contribution in [3.05, 3.63) is 94.0 Å². The maximum atomic E-state index is 11.9. The molecule has 0 amide bonds. The molecule has 39 heavy (non-hydrogen) atoms. The number of unbranched alkanes of at least 4 members (excludes halogenated alkanes) is 2. The minimum absolute atomic E-state index is 0.0139. The van der Waals surface area contributed by atoms with Gasteiger partial charge in [-0.3, -0.25) is 0 Å². The van der Waals surface area contributed by atoms with E-state index in [0.717, 1.165) is 30.4 Å². The van der Waals surface area contributed by atoms with Crippen LogP contribution >= 0.6 is 11.6 Å². The summed E-state index contributed by atoms with van der Waals surface area (Å²) in [6, 6.07) is 14.9. The number of hydrogen-bond donors (Lipinski definition) is 2. The Bertz CT molecular complexity index is 1060. The van der Waals surface area contributed by atoms with Crippen LogP contribution in [0.15, 0.2) is 66.8 Å². The van der Waals surface area contributed by atoms with Crippen molar-refractivity contribution in [2.75, 3.05) is 26.4 Å². The molecule has 0 radical (unpaired) electrons. The van der Waals surface area contributed by atoms with E-state index >= 15 is 0 Å². The Labute approximate surface area is 237 Å². The molecule has 2 rings (SSSR count). The van der Waals surface area contributed by atoms with Crippen molar-refractivity contribution in [2.45, 2.75) is 58.3 Å². The first-order valence-electron chi connectivity index (χ1n) is 13.5. The van der Waals surface area contributed by atoms with E-state index in [4.69, 9.17) is 31.3 Å². The summed E-state index contributed by atoms with van der Waals surface area (Å²) in [5.74, 6) is -1.71. The molecule has 0 saturated carbocycles. The highest BCUT2D eigenvalue weighted by Gasteiger charge is 2.18. The van der Waals surface area contributed by atoms with Crippen molar-refractivity contribution in [1.29, 1.82) is 0 Å². The molecule has 0 atom stereocenters. The van der Waals surface area contributed by atoms with E-state index in [0.29, 0.717) is 17.9 Å². The predicted octanol–water partition coefficient (Wildman–Crippen LogP) is 5.59. The molecule has 0 saturated heterocycles. The molecule has 2 aromatic carbocycles. The van der Waals surface area contributed by atoms with Gasteiger partial charge in [0.25, 0.3) is 0 Å². The van der Waals surface area contributed by atoms with E-state index in [2.05, 4.69) is 44.3 Å². The van der Waals surface area contributed by atoms with Gasteiger partial charge < -0.3 is 19.7 Å². The van der Waals surface area contributed by atoms with Gasteiger partial charge in [0, 0.05) is 10.9 Å². The van der Waals surface area contributed by atoms with Gasteiger partial charge in [0.1, 0.15) is 0 Å². The van der Waals surface area contributed by atoms with Gasteiger partial charge in [-0.05, 0) is 66.8 Å². The third-order valence-corrected chi connectivity index (χ3v) is 6.94. The van der Waals surface area contributed by atoms with Crippen LogP contribution in [0, 0.1) is 5.92 Å². The molecule has 0 fully saturated rings. The van der Waals surface area contributed by atoms with E-state index in [9.17, 15) is 9.59 Å². The molecule has 6 nitrogen and oxygen atoms in total. The smallest absolute Gasteiger partial charge is 0.335 e. The summed E-state index contributed by atoms with van der Waals surface area (Å²) in [6.07, 6.45) is 7.78. The van der Waals surface area contributed by atoms with E-state index in [-0.39, 0.29) is 30.3 Å². The number of benzene rings is 2. The Balaban J connectivity index is 1.93. The molecule has 0 aromatic heterocycles. The summed E-state index contributed by atoms with van der Waals surface area (Å²) in [4.78, 5) is 23.8. The summed E-state index contributed by atoms with van der Waals surface area (Å²) in [7, 11) is 0. The fourth-order valence-electron chi connectivity index (χ4n) is 3.99. The lowest BCUT2D eigenvalue weighted by molar-refractivity contribution is -0.144. The first-order valence-corrected chi connectivity index (χ1v) is 13.9. The predicted molar refractivity (Wildman–Crippen MR) is 155 cm³/mol. The molecule has 0 aliphatic carbocycles. The quantitative estimate of drug-likeness (QED) is 0.141. The third-order valence-electron chi connectivity index (χ3n) is 6.59. The van der Waals surface area contributed by atoms with Gasteiger partial charge in [-0.2, -0.15) is 0 Å². The van der Waals surface area contributed by atoms with Crippen LogP contribution in [0.5, 0.6) is 0 Å². The maximum absolute atomic E-state index is 11.9. The van der Waals surface area contributed by atoms with Gasteiger partial charge in [0.15, 0.2) is 0 Å². The summed E-state index contributed by atoms with van der Waals surface area (Å²) in [5, 5.41) is 18.8. The lowest BCUT2D eigenvalue weighted by atomic mass is 9.97. The first kappa shape index (κ1) is 32.3. The van der Waals surface area contributed by atoms with E-state index in [1.165, 1.54) is 30.4 Å². The van der Waals surface area contributed by atoms with Gasteiger partial charge in [-0.1, -0.05) is 80.9 Å². The van der Waals surface area contributed by atoms with Crippen LogP contribution < -0.4 is 0 Å². The van der Waals surface area contributed by atoms with Crippen molar-refractivity contribution in [2.24, 2.45) is 5.92 Å². The van der Waals surface area contributed by atoms with Crippen molar-refractivity contribution in [3.63, 3.8) is 0 Å². The van der Waals surface area contributed by atoms with Crippen molar-refractivity contribution >= 4 is 23.5 Å². The molecule has 212 valence electrons. The second kappa shape index (κ2) is 17.6. The number of aliphatic hydroxyl groups excluding tert-OH is 2. The Morgan fingerprint density at radius 1 is 0.795 bits per heavy atom. The summed E-state index contributed by atoms with van der Waals surface area (Å²) in [5.41, 5.74) is 4.66. The molecular weight excluding hydrogens is 516 g/mol. The van der Waals surface area contributed by atoms with Crippen molar-refractivity contribution in [1.82, 2.24) is 0 Å². The van der Waals surface area contributed by atoms with Gasteiger partial charge in [0.05, 0.1) is 37.6 Å². The molecule has 7 heteroatoms. The molecule has 0 heterocycles. The van der Waals surface area contributed by atoms with Gasteiger partial charge in [-0.15, -0.1) is 0 Å². The zero-order valence-corrected chi connectivity index (χ0v) is 23.7. The Hall–Kier alpha value is -2.93. The molecule has 0 aliphatic rings. The highest BCUT2D eigenvalue weighted by atomic mass is 35.5. The minimum Gasteiger partial charge on any atom is -0.462 e. The normalized spacial score (nSPS) is 10.9. The molecular formula is C32H41ClO6. The highest BCUT2D eigenvalue weighted by Crippen LogP contribution is 2.22. The van der Waals surface area contributed by atoms with Crippen LogP contribution in [-0.4, -0.2) is 48.6 Å². The maximum Gasteiger partial charge on any atom is 0.335 e. The van der Waals surface area contributed by atoms with Crippen LogP contribution in [0.25, 0.3) is 0 Å². The fraction of sp³-hybridized carbons (Fsp3) is 0.438. The van der Waals surface area contributed by atoms with Crippen LogP contribution in [0.3, 0.4) is 0 Å². The molecule has 0 aliphatic heterocycles. The number of aliphatic hydroxyl groups is 2. The van der Waals surface area contributed by atoms with E-state index in [1.807, 2.05) is 18.2 Å². The number of hydrogen-bond acceptors (Lipinski definition) is 6. The zero-order valence-electron chi connectivity index (χ0n) is 22.9. The average Bonchev–Trinajstić information content (AvgIpc) is 2.95.